The quantitative estimate of drug-likeness (QED) is 0.127. The van der Waals surface area contributed by atoms with Crippen molar-refractivity contribution in [3.63, 3.8) is 0 Å². The molecule has 0 saturated heterocycles. The molecule has 0 N–H and O–H groups in total. The van der Waals surface area contributed by atoms with Gasteiger partial charge >= 0.3 is 0 Å². The van der Waals surface area contributed by atoms with Gasteiger partial charge in [-0.25, -0.2) is 0 Å². The molecule has 2 heteroatoms. The van der Waals surface area contributed by atoms with Crippen LogP contribution in [0.4, 0.5) is 34.1 Å². The minimum absolute atomic E-state index is 0.169. The number of anilines is 6. The highest BCUT2D eigenvalue weighted by molar-refractivity contribution is 6.22. The molecule has 0 bridgehead atoms. The Morgan fingerprint density at radius 2 is 0.656 bits per heavy atom. The number of fused-ring (bicyclic) bond motifs is 2. The predicted octanol–water partition coefficient (Wildman–Crippen LogP) is 18.1. The molecule has 9 rings (SSSR count). The minimum Gasteiger partial charge on any atom is -0.310 e. The van der Waals surface area contributed by atoms with Crippen LogP contribution in [0, 0.1) is 24.7 Å². The van der Waals surface area contributed by atoms with Crippen LogP contribution in [-0.4, -0.2) is 0 Å². The summed E-state index contributed by atoms with van der Waals surface area (Å²) in [7, 11) is 0. The van der Waals surface area contributed by atoms with Crippen LogP contribution in [0.2, 0.25) is 0 Å². The molecule has 9 aromatic carbocycles. The zero-order chi connectivity index (χ0) is 44.6. The Bertz CT molecular complexity index is 2880. The first-order valence-corrected chi connectivity index (χ1v) is 22.8. The van der Waals surface area contributed by atoms with Gasteiger partial charge < -0.3 is 9.80 Å². The van der Waals surface area contributed by atoms with Gasteiger partial charge in [0.1, 0.15) is 0 Å². The molecule has 0 radical (unpaired) electrons. The van der Waals surface area contributed by atoms with Gasteiger partial charge in [-0.15, -0.1) is 0 Å². The fourth-order valence-corrected chi connectivity index (χ4v) is 9.58. The first-order chi connectivity index (χ1) is 30.8. The molecule has 64 heavy (non-hydrogen) atoms. The number of hydrogen-bond acceptors (Lipinski definition) is 2. The maximum atomic E-state index is 2.44. The van der Waals surface area contributed by atoms with Gasteiger partial charge in [-0.2, -0.15) is 0 Å². The average Bonchev–Trinajstić information content (AvgIpc) is 3.25. The number of aryl methyl sites for hydroxylation is 2. The van der Waals surface area contributed by atoms with Crippen LogP contribution in [0.1, 0.15) is 63.8 Å². The standard InChI is InChI=1S/C62H60N2/c1-43-19-15-27-49(35-43)63(51-29-17-21-45(37-51)41-61(3,4)5)53-31-33-55-57(39-53)59(47-23-11-9-12-24-47)56-34-32-54(40-58(56)60(55)48-25-13-10-14-26-48)64(50-28-16-20-44(2)36-50)52-30-18-22-46(38-52)42-62(6,7)8/h9-40H,41-42H2,1-8H3. The summed E-state index contributed by atoms with van der Waals surface area (Å²) in [6, 6.07) is 72.3. The van der Waals surface area contributed by atoms with Crippen molar-refractivity contribution in [2.24, 2.45) is 10.8 Å². The van der Waals surface area contributed by atoms with Crippen molar-refractivity contribution in [1.82, 2.24) is 0 Å². The molecule has 0 saturated carbocycles. The van der Waals surface area contributed by atoms with Crippen molar-refractivity contribution >= 4 is 55.7 Å². The summed E-state index contributed by atoms with van der Waals surface area (Å²) in [4.78, 5) is 4.88. The Kier molecular flexibility index (Phi) is 11.5. The molecule has 0 fully saturated rings. The molecule has 0 heterocycles. The van der Waals surface area contributed by atoms with Crippen molar-refractivity contribution in [3.8, 4) is 22.3 Å². The molecule has 0 aliphatic heterocycles. The van der Waals surface area contributed by atoms with Crippen molar-refractivity contribution in [1.29, 1.82) is 0 Å². The smallest absolute Gasteiger partial charge is 0.0468 e. The first kappa shape index (κ1) is 42.4. The molecule has 0 aromatic heterocycles. The van der Waals surface area contributed by atoms with Crippen molar-refractivity contribution in [2.45, 2.75) is 68.2 Å². The van der Waals surface area contributed by atoms with E-state index in [0.717, 1.165) is 47.0 Å². The summed E-state index contributed by atoms with van der Waals surface area (Å²) in [5, 5.41) is 4.88. The lowest BCUT2D eigenvalue weighted by molar-refractivity contribution is 0.411. The highest BCUT2D eigenvalue weighted by Crippen LogP contribution is 2.48. The van der Waals surface area contributed by atoms with Gasteiger partial charge in [0.15, 0.2) is 0 Å². The zero-order valence-electron chi connectivity index (χ0n) is 38.8. The van der Waals surface area contributed by atoms with E-state index in [2.05, 4.69) is 259 Å². The summed E-state index contributed by atoms with van der Waals surface area (Å²) in [6.45, 7) is 18.3. The SMILES string of the molecule is Cc1cccc(N(c2cccc(CC(C)(C)C)c2)c2ccc3c(-c4ccccc4)c4cc(N(c5cccc(C)c5)c5cccc(CC(C)(C)C)c5)ccc4c(-c4ccccc4)c3c2)c1. The second-order valence-electron chi connectivity index (χ2n) is 20.1. The van der Waals surface area contributed by atoms with E-state index in [1.54, 1.807) is 0 Å². The summed E-state index contributed by atoms with van der Waals surface area (Å²) >= 11 is 0. The van der Waals surface area contributed by atoms with Crippen LogP contribution in [0.3, 0.4) is 0 Å². The highest BCUT2D eigenvalue weighted by atomic mass is 15.1. The monoisotopic (exact) mass is 832 g/mol. The summed E-state index contributed by atoms with van der Waals surface area (Å²) in [5.74, 6) is 0. The normalized spacial score (nSPS) is 11.9. The summed E-state index contributed by atoms with van der Waals surface area (Å²) in [5.41, 5.74) is 17.2. The van der Waals surface area contributed by atoms with Crippen LogP contribution in [0.15, 0.2) is 194 Å². The number of benzene rings is 9. The Morgan fingerprint density at radius 3 is 1.02 bits per heavy atom. The third-order valence-corrected chi connectivity index (χ3v) is 12.1. The molecule has 0 unspecified atom stereocenters. The number of nitrogens with zero attached hydrogens (tertiary/aromatic N) is 2. The third kappa shape index (κ3) is 9.10. The van der Waals surface area contributed by atoms with E-state index in [9.17, 15) is 0 Å². The molecule has 0 amide bonds. The fourth-order valence-electron chi connectivity index (χ4n) is 9.58. The molecule has 318 valence electrons. The summed E-state index contributed by atoms with van der Waals surface area (Å²) in [6.07, 6.45) is 1.99. The predicted molar refractivity (Wildman–Crippen MR) is 277 cm³/mol. The van der Waals surface area contributed by atoms with Crippen molar-refractivity contribution < 1.29 is 0 Å². The molecule has 0 atom stereocenters. The second-order valence-corrected chi connectivity index (χ2v) is 20.1. The largest absolute Gasteiger partial charge is 0.310 e. The molecule has 0 aliphatic rings. The Balaban J connectivity index is 1.33. The second kappa shape index (κ2) is 17.3. The maximum absolute atomic E-state index is 2.44. The molecular weight excluding hydrogens is 773 g/mol. The summed E-state index contributed by atoms with van der Waals surface area (Å²) < 4.78 is 0. The first-order valence-electron chi connectivity index (χ1n) is 22.8. The van der Waals surface area contributed by atoms with Crippen LogP contribution in [0.25, 0.3) is 43.8 Å². The van der Waals surface area contributed by atoms with Crippen LogP contribution in [0.5, 0.6) is 0 Å². The van der Waals surface area contributed by atoms with Gasteiger partial charge in [0.25, 0.3) is 0 Å². The van der Waals surface area contributed by atoms with E-state index < -0.39 is 0 Å². The van der Waals surface area contributed by atoms with Gasteiger partial charge in [0.2, 0.25) is 0 Å². The van der Waals surface area contributed by atoms with Gasteiger partial charge in [-0.3, -0.25) is 0 Å². The van der Waals surface area contributed by atoms with Crippen molar-refractivity contribution in [2.75, 3.05) is 9.80 Å². The fraction of sp³-hybridized carbons (Fsp3) is 0.194. The third-order valence-electron chi connectivity index (χ3n) is 12.1. The zero-order valence-corrected chi connectivity index (χ0v) is 38.8. The van der Waals surface area contributed by atoms with E-state index in [0.29, 0.717) is 0 Å². The van der Waals surface area contributed by atoms with Gasteiger partial charge in [0.05, 0.1) is 0 Å². The van der Waals surface area contributed by atoms with Crippen LogP contribution in [-0.2, 0) is 12.8 Å². The highest BCUT2D eigenvalue weighted by Gasteiger charge is 2.23. The van der Waals surface area contributed by atoms with Crippen LogP contribution >= 0.6 is 0 Å². The topological polar surface area (TPSA) is 6.48 Å². The van der Waals surface area contributed by atoms with Gasteiger partial charge in [0, 0.05) is 34.1 Å². The number of rotatable bonds is 10. The lowest BCUT2D eigenvalue weighted by Gasteiger charge is -2.29. The van der Waals surface area contributed by atoms with E-state index in [-0.39, 0.29) is 10.8 Å². The lowest BCUT2D eigenvalue weighted by atomic mass is 9.85. The lowest BCUT2D eigenvalue weighted by Crippen LogP contribution is -2.13. The Hall–Kier alpha value is -6.90. The molecule has 9 aromatic rings. The Morgan fingerprint density at radius 1 is 0.312 bits per heavy atom. The van der Waals surface area contributed by atoms with E-state index in [1.807, 2.05) is 0 Å². The molecule has 2 nitrogen and oxygen atoms in total. The molecular formula is C62H60N2. The number of hydrogen-bond donors (Lipinski definition) is 0. The van der Waals surface area contributed by atoms with Gasteiger partial charge in [-0.1, -0.05) is 163 Å². The maximum Gasteiger partial charge on any atom is 0.0468 e. The van der Waals surface area contributed by atoms with E-state index in [1.165, 1.54) is 66.1 Å². The molecule has 0 aliphatic carbocycles. The van der Waals surface area contributed by atoms with Crippen molar-refractivity contribution in [3.05, 3.63) is 216 Å². The van der Waals surface area contributed by atoms with Gasteiger partial charge in [-0.05, 0) is 176 Å². The average molecular weight is 833 g/mol. The van der Waals surface area contributed by atoms with Crippen LogP contribution < -0.4 is 9.80 Å². The Labute approximate surface area is 381 Å². The van der Waals surface area contributed by atoms with E-state index in [4.69, 9.17) is 0 Å². The molecule has 0 spiro atoms. The minimum atomic E-state index is 0.169. The van der Waals surface area contributed by atoms with E-state index >= 15 is 0 Å².